The first kappa shape index (κ1) is 30.0. The SMILES string of the molecule is CNC(=O)C(=O)CC[C@H](NC(=O)c1csc(Cl)c1)C(=O)Nc1cccn(CC(=O)NC2C3CC4CC(C3)CC2C4)c1=O. The van der Waals surface area contributed by atoms with Crippen molar-refractivity contribution in [3.05, 3.63) is 50.0 Å². The van der Waals surface area contributed by atoms with Gasteiger partial charge in [0.05, 0.1) is 9.90 Å². The maximum atomic E-state index is 13.2. The summed E-state index contributed by atoms with van der Waals surface area (Å²) in [7, 11) is 1.32. The van der Waals surface area contributed by atoms with Crippen molar-refractivity contribution in [2.45, 2.75) is 63.6 Å². The van der Waals surface area contributed by atoms with Crippen molar-refractivity contribution in [1.29, 1.82) is 0 Å². The molecule has 4 amide bonds. The topological polar surface area (TPSA) is 155 Å². The normalized spacial score (nSPS) is 24.5. The summed E-state index contributed by atoms with van der Waals surface area (Å²) in [4.78, 5) is 75.9. The molecule has 0 aliphatic heterocycles. The third-order valence-electron chi connectivity index (χ3n) is 8.74. The van der Waals surface area contributed by atoms with E-state index in [9.17, 15) is 28.8 Å². The predicted octanol–water partition coefficient (Wildman–Crippen LogP) is 2.34. The molecule has 4 bridgehead atoms. The molecule has 2 heterocycles. The number of carbonyl (C=O) groups is 5. The lowest BCUT2D eigenvalue weighted by molar-refractivity contribution is -0.137. The Labute approximate surface area is 251 Å². The molecule has 2 aromatic heterocycles. The van der Waals surface area contributed by atoms with Gasteiger partial charge >= 0.3 is 0 Å². The fourth-order valence-electron chi connectivity index (χ4n) is 6.99. The molecule has 42 heavy (non-hydrogen) atoms. The van der Waals surface area contributed by atoms with Gasteiger partial charge in [0, 0.05) is 31.1 Å². The Morgan fingerprint density at radius 1 is 1.07 bits per heavy atom. The van der Waals surface area contributed by atoms with E-state index in [4.69, 9.17) is 11.6 Å². The molecule has 13 heteroatoms. The zero-order valence-electron chi connectivity index (χ0n) is 23.2. The standard InChI is InChI=1S/C29H34ClN5O6S/c1-31-28(40)22(36)5-4-20(32-26(38)19-12-23(30)42-14-19)27(39)33-21-3-2-6-35(29(21)41)13-24(37)34-25-17-8-15-7-16(10-17)11-18(25)9-15/h2-3,6,12,14-18,20,25H,4-5,7-11,13H2,1H3,(H,31,40)(H,32,38)(H,33,39)(H,34,37)/t15?,16?,17?,18?,20-,25?/m0/s1. The summed E-state index contributed by atoms with van der Waals surface area (Å²) in [5.74, 6) is -0.604. The Kier molecular flexibility index (Phi) is 9.12. The number of Topliss-reactive ketones (excluding diaryl/α,β-unsaturated/α-hetero) is 1. The van der Waals surface area contributed by atoms with Crippen LogP contribution in [0.5, 0.6) is 0 Å². The second kappa shape index (κ2) is 12.8. The Hall–Kier alpha value is -3.51. The number of halogens is 1. The summed E-state index contributed by atoms with van der Waals surface area (Å²) in [6.07, 6.45) is 6.94. The molecule has 4 fully saturated rings. The largest absolute Gasteiger partial charge is 0.353 e. The van der Waals surface area contributed by atoms with Crippen molar-refractivity contribution in [2.24, 2.45) is 23.7 Å². The number of amides is 4. The summed E-state index contributed by atoms with van der Waals surface area (Å²) in [6, 6.07) is 3.29. The van der Waals surface area contributed by atoms with E-state index in [2.05, 4.69) is 21.3 Å². The summed E-state index contributed by atoms with van der Waals surface area (Å²) >= 11 is 7.07. The Bertz CT molecular complexity index is 1430. The minimum absolute atomic E-state index is 0.0830. The lowest BCUT2D eigenvalue weighted by atomic mass is 9.54. The number of aromatic nitrogens is 1. The zero-order valence-corrected chi connectivity index (χ0v) is 24.8. The molecule has 2 aromatic rings. The second-order valence-corrected chi connectivity index (χ2v) is 13.1. The molecule has 1 atom stereocenters. The van der Waals surface area contributed by atoms with E-state index in [0.29, 0.717) is 16.2 Å². The molecule has 4 N–H and O–H groups in total. The van der Waals surface area contributed by atoms with E-state index in [0.717, 1.165) is 48.9 Å². The number of hydrogen-bond donors (Lipinski definition) is 4. The third kappa shape index (κ3) is 6.75. The average molecular weight is 616 g/mol. The quantitative estimate of drug-likeness (QED) is 0.284. The van der Waals surface area contributed by atoms with Crippen LogP contribution in [0.3, 0.4) is 0 Å². The van der Waals surface area contributed by atoms with Crippen LogP contribution in [-0.4, -0.2) is 53.1 Å². The number of ketones is 1. The van der Waals surface area contributed by atoms with E-state index in [1.165, 1.54) is 41.7 Å². The molecule has 0 radical (unpaired) electrons. The van der Waals surface area contributed by atoms with Crippen LogP contribution in [0.2, 0.25) is 4.34 Å². The zero-order chi connectivity index (χ0) is 30.0. The van der Waals surface area contributed by atoms with Crippen molar-refractivity contribution in [3.63, 3.8) is 0 Å². The number of rotatable bonds is 11. The first-order chi connectivity index (χ1) is 20.1. The maximum Gasteiger partial charge on any atom is 0.287 e. The fourth-order valence-corrected chi connectivity index (χ4v) is 7.85. The lowest BCUT2D eigenvalue weighted by Crippen LogP contribution is -2.56. The van der Waals surface area contributed by atoms with Crippen molar-refractivity contribution >= 4 is 58.0 Å². The van der Waals surface area contributed by atoms with Gasteiger partial charge in [0.2, 0.25) is 17.6 Å². The van der Waals surface area contributed by atoms with Crippen LogP contribution in [0.4, 0.5) is 5.69 Å². The van der Waals surface area contributed by atoms with Crippen LogP contribution in [-0.2, 0) is 25.7 Å². The van der Waals surface area contributed by atoms with Crippen molar-refractivity contribution in [3.8, 4) is 0 Å². The van der Waals surface area contributed by atoms with Gasteiger partial charge in [0.15, 0.2) is 0 Å². The van der Waals surface area contributed by atoms with E-state index in [1.807, 2.05) is 0 Å². The molecular weight excluding hydrogens is 582 g/mol. The summed E-state index contributed by atoms with van der Waals surface area (Å²) in [5.41, 5.74) is -0.435. The highest BCUT2D eigenvalue weighted by Gasteiger charge is 2.48. The first-order valence-corrected chi connectivity index (χ1v) is 15.5. The van der Waals surface area contributed by atoms with Crippen molar-refractivity contribution in [1.82, 2.24) is 20.5 Å². The highest BCUT2D eigenvalue weighted by atomic mass is 35.5. The molecule has 0 saturated heterocycles. The maximum absolute atomic E-state index is 13.2. The van der Waals surface area contributed by atoms with Gasteiger partial charge in [-0.25, -0.2) is 0 Å². The molecule has 0 aromatic carbocycles. The summed E-state index contributed by atoms with van der Waals surface area (Å²) in [5, 5.41) is 12.0. The molecule has 4 aliphatic carbocycles. The van der Waals surface area contributed by atoms with Gasteiger partial charge in [-0.1, -0.05) is 11.6 Å². The van der Waals surface area contributed by atoms with E-state index < -0.39 is 35.1 Å². The minimum Gasteiger partial charge on any atom is -0.353 e. The average Bonchev–Trinajstić information content (AvgIpc) is 3.40. The fraction of sp³-hybridized carbons (Fsp3) is 0.517. The highest BCUT2D eigenvalue weighted by Crippen LogP contribution is 2.53. The number of likely N-dealkylation sites (N-methyl/N-ethyl adjacent to an activating group) is 1. The summed E-state index contributed by atoms with van der Waals surface area (Å²) < 4.78 is 1.62. The van der Waals surface area contributed by atoms with E-state index in [1.54, 1.807) is 6.07 Å². The molecular formula is C29H34ClN5O6S. The summed E-state index contributed by atoms with van der Waals surface area (Å²) in [6.45, 7) is -0.189. The Morgan fingerprint density at radius 2 is 1.76 bits per heavy atom. The van der Waals surface area contributed by atoms with E-state index >= 15 is 0 Å². The van der Waals surface area contributed by atoms with Gasteiger partial charge in [-0.15, -0.1) is 11.3 Å². The number of anilines is 1. The second-order valence-electron chi connectivity index (χ2n) is 11.6. The first-order valence-electron chi connectivity index (χ1n) is 14.2. The monoisotopic (exact) mass is 615 g/mol. The number of carbonyl (C=O) groups excluding carboxylic acids is 5. The predicted molar refractivity (Wildman–Crippen MR) is 157 cm³/mol. The van der Waals surface area contributed by atoms with Gasteiger partial charge in [0.25, 0.3) is 17.4 Å². The Morgan fingerprint density at radius 3 is 2.38 bits per heavy atom. The van der Waals surface area contributed by atoms with Crippen LogP contribution >= 0.6 is 22.9 Å². The van der Waals surface area contributed by atoms with Crippen LogP contribution < -0.4 is 26.8 Å². The van der Waals surface area contributed by atoms with E-state index in [-0.39, 0.29) is 42.6 Å². The van der Waals surface area contributed by atoms with Crippen molar-refractivity contribution < 1.29 is 24.0 Å². The van der Waals surface area contributed by atoms with Gasteiger partial charge in [-0.2, -0.15) is 0 Å². The van der Waals surface area contributed by atoms with Crippen LogP contribution in [0.15, 0.2) is 34.6 Å². The van der Waals surface area contributed by atoms with Crippen LogP contribution in [0, 0.1) is 23.7 Å². The molecule has 11 nitrogen and oxygen atoms in total. The molecule has 224 valence electrons. The van der Waals surface area contributed by atoms with Crippen LogP contribution in [0.25, 0.3) is 0 Å². The highest BCUT2D eigenvalue weighted by molar-refractivity contribution is 7.14. The van der Waals surface area contributed by atoms with Crippen molar-refractivity contribution in [2.75, 3.05) is 12.4 Å². The van der Waals surface area contributed by atoms with Gasteiger partial charge in [0.1, 0.15) is 18.3 Å². The van der Waals surface area contributed by atoms with Gasteiger partial charge in [-0.05, 0) is 80.4 Å². The number of nitrogens with zero attached hydrogens (tertiary/aromatic N) is 1. The smallest absolute Gasteiger partial charge is 0.287 e. The molecule has 6 rings (SSSR count). The van der Waals surface area contributed by atoms with Gasteiger partial charge < -0.3 is 25.8 Å². The minimum atomic E-state index is -1.24. The van der Waals surface area contributed by atoms with Gasteiger partial charge in [-0.3, -0.25) is 28.8 Å². The number of hydrogen-bond acceptors (Lipinski definition) is 7. The number of pyridine rings is 1. The lowest BCUT2D eigenvalue weighted by Gasteiger charge is -2.54. The molecule has 4 aliphatic rings. The third-order valence-corrected chi connectivity index (χ3v) is 9.83. The molecule has 0 spiro atoms. The molecule has 0 unspecified atom stereocenters. The molecule has 4 saturated carbocycles. The number of thiophene rings is 1. The number of nitrogens with one attached hydrogen (secondary N) is 4. The van der Waals surface area contributed by atoms with Crippen LogP contribution in [0.1, 0.15) is 55.3 Å². The Balaban J connectivity index is 1.24.